The van der Waals surface area contributed by atoms with Crippen LogP contribution >= 0.6 is 0 Å². The van der Waals surface area contributed by atoms with Gasteiger partial charge in [0.15, 0.2) is 0 Å². The van der Waals surface area contributed by atoms with Crippen molar-refractivity contribution in [2.45, 2.75) is 13.3 Å². The lowest BCUT2D eigenvalue weighted by Crippen LogP contribution is -2.37. The van der Waals surface area contributed by atoms with Crippen molar-refractivity contribution in [1.29, 1.82) is 0 Å². The van der Waals surface area contributed by atoms with Gasteiger partial charge in [0.2, 0.25) is 5.95 Å². The lowest BCUT2D eigenvalue weighted by Gasteiger charge is -2.28. The number of aromatic nitrogens is 2. The van der Waals surface area contributed by atoms with Crippen molar-refractivity contribution in [2.24, 2.45) is 0 Å². The van der Waals surface area contributed by atoms with Gasteiger partial charge in [-0.3, -0.25) is 0 Å². The summed E-state index contributed by atoms with van der Waals surface area (Å²) in [6.07, 6.45) is 1.05. The molecule has 0 spiro atoms. The molecule has 0 amide bonds. The van der Waals surface area contributed by atoms with Crippen molar-refractivity contribution in [2.75, 3.05) is 48.8 Å². The van der Waals surface area contributed by atoms with Gasteiger partial charge in [0, 0.05) is 25.7 Å². The summed E-state index contributed by atoms with van der Waals surface area (Å²) in [6, 6.07) is 1.94. The van der Waals surface area contributed by atoms with Crippen molar-refractivity contribution in [1.82, 2.24) is 9.97 Å². The van der Waals surface area contributed by atoms with Gasteiger partial charge < -0.3 is 20.7 Å². The molecule has 6 nitrogen and oxygen atoms in total. The standard InChI is InChI=1S/C11H19N5O/c1-2-3-13-9-8-10(15-11(12)14-9)16-4-6-17-7-5-16/h8H,2-7H2,1H3,(H3,12,13,14,15). The van der Waals surface area contributed by atoms with Crippen LogP contribution in [-0.4, -0.2) is 42.8 Å². The zero-order chi connectivity index (χ0) is 12.1. The first-order chi connectivity index (χ1) is 8.29. The van der Waals surface area contributed by atoms with Crippen molar-refractivity contribution in [3.63, 3.8) is 0 Å². The maximum Gasteiger partial charge on any atom is 0.223 e. The van der Waals surface area contributed by atoms with Crippen LogP contribution in [0.3, 0.4) is 0 Å². The van der Waals surface area contributed by atoms with Crippen molar-refractivity contribution >= 4 is 17.6 Å². The Bertz CT molecular complexity index is 365. The van der Waals surface area contributed by atoms with Gasteiger partial charge in [-0.1, -0.05) is 6.92 Å². The largest absolute Gasteiger partial charge is 0.378 e. The Labute approximate surface area is 101 Å². The van der Waals surface area contributed by atoms with E-state index in [-0.39, 0.29) is 0 Å². The SMILES string of the molecule is CCCNc1cc(N2CCOCC2)nc(N)n1. The van der Waals surface area contributed by atoms with Gasteiger partial charge in [-0.15, -0.1) is 0 Å². The lowest BCUT2D eigenvalue weighted by atomic mass is 10.4. The molecule has 0 atom stereocenters. The third-order valence-corrected chi connectivity index (χ3v) is 2.62. The number of nitrogens with zero attached hydrogens (tertiary/aromatic N) is 3. The van der Waals surface area contributed by atoms with Gasteiger partial charge in [0.25, 0.3) is 0 Å². The van der Waals surface area contributed by atoms with Gasteiger partial charge in [-0.05, 0) is 6.42 Å². The van der Waals surface area contributed by atoms with E-state index in [0.717, 1.165) is 50.9 Å². The molecule has 0 aliphatic carbocycles. The molecule has 94 valence electrons. The van der Waals surface area contributed by atoms with Crippen LogP contribution in [0.15, 0.2) is 6.07 Å². The third kappa shape index (κ3) is 3.20. The number of nitrogens with two attached hydrogens (primary N) is 1. The zero-order valence-corrected chi connectivity index (χ0v) is 10.1. The van der Waals surface area contributed by atoms with Crippen LogP contribution < -0.4 is 16.0 Å². The van der Waals surface area contributed by atoms with Crippen LogP contribution in [0.4, 0.5) is 17.6 Å². The summed E-state index contributed by atoms with van der Waals surface area (Å²) in [5.41, 5.74) is 5.72. The first kappa shape index (κ1) is 11.9. The number of nitrogens with one attached hydrogen (secondary N) is 1. The van der Waals surface area contributed by atoms with E-state index in [1.165, 1.54) is 0 Å². The van der Waals surface area contributed by atoms with E-state index in [1.807, 2.05) is 6.07 Å². The smallest absolute Gasteiger partial charge is 0.223 e. The molecule has 1 fully saturated rings. The molecule has 2 rings (SSSR count). The molecule has 1 aromatic heterocycles. The minimum absolute atomic E-state index is 0.313. The summed E-state index contributed by atoms with van der Waals surface area (Å²) in [6.45, 7) is 6.18. The first-order valence-corrected chi connectivity index (χ1v) is 6.00. The fourth-order valence-corrected chi connectivity index (χ4v) is 1.75. The molecule has 1 saturated heterocycles. The van der Waals surface area contributed by atoms with Gasteiger partial charge in [-0.25, -0.2) is 0 Å². The number of hydrogen-bond acceptors (Lipinski definition) is 6. The lowest BCUT2D eigenvalue weighted by molar-refractivity contribution is 0.122. The maximum absolute atomic E-state index is 5.72. The van der Waals surface area contributed by atoms with Crippen LogP contribution in [0.2, 0.25) is 0 Å². The topological polar surface area (TPSA) is 76.3 Å². The Kier molecular flexibility index (Phi) is 3.98. The Morgan fingerprint density at radius 1 is 1.41 bits per heavy atom. The Hall–Kier alpha value is -1.56. The van der Waals surface area contributed by atoms with Crippen LogP contribution in [-0.2, 0) is 4.74 Å². The molecule has 1 aliphatic rings. The van der Waals surface area contributed by atoms with Gasteiger partial charge in [-0.2, -0.15) is 9.97 Å². The summed E-state index contributed by atoms with van der Waals surface area (Å²) in [5.74, 6) is 1.98. The highest BCUT2D eigenvalue weighted by atomic mass is 16.5. The molecule has 0 bridgehead atoms. The minimum Gasteiger partial charge on any atom is -0.378 e. The van der Waals surface area contributed by atoms with Gasteiger partial charge in [0.1, 0.15) is 11.6 Å². The minimum atomic E-state index is 0.313. The molecular weight excluding hydrogens is 218 g/mol. The van der Waals surface area contributed by atoms with E-state index in [2.05, 4.69) is 27.1 Å². The van der Waals surface area contributed by atoms with Crippen LogP contribution in [0.1, 0.15) is 13.3 Å². The number of ether oxygens (including phenoxy) is 1. The number of rotatable bonds is 4. The summed E-state index contributed by atoms with van der Waals surface area (Å²) < 4.78 is 5.31. The number of hydrogen-bond donors (Lipinski definition) is 2. The van der Waals surface area contributed by atoms with E-state index in [0.29, 0.717) is 5.95 Å². The highest BCUT2D eigenvalue weighted by Gasteiger charge is 2.14. The molecule has 0 unspecified atom stereocenters. The predicted octanol–water partition coefficient (Wildman–Crippen LogP) is 0.717. The molecule has 0 saturated carbocycles. The monoisotopic (exact) mass is 237 g/mol. The second-order valence-corrected chi connectivity index (χ2v) is 4.00. The van der Waals surface area contributed by atoms with Crippen molar-refractivity contribution < 1.29 is 4.74 Å². The number of morpholine rings is 1. The summed E-state index contributed by atoms with van der Waals surface area (Å²) >= 11 is 0. The average Bonchev–Trinajstić information content (AvgIpc) is 2.37. The molecule has 17 heavy (non-hydrogen) atoms. The fourth-order valence-electron chi connectivity index (χ4n) is 1.75. The molecule has 0 aromatic carbocycles. The van der Waals surface area contributed by atoms with E-state index in [9.17, 15) is 0 Å². The van der Waals surface area contributed by atoms with Crippen molar-refractivity contribution in [3.8, 4) is 0 Å². The first-order valence-electron chi connectivity index (χ1n) is 6.00. The highest BCUT2D eigenvalue weighted by molar-refractivity contribution is 5.52. The van der Waals surface area contributed by atoms with Crippen LogP contribution in [0.25, 0.3) is 0 Å². The molecule has 0 radical (unpaired) electrons. The fraction of sp³-hybridized carbons (Fsp3) is 0.636. The normalized spacial score (nSPS) is 15.9. The summed E-state index contributed by atoms with van der Waals surface area (Å²) in [5, 5.41) is 3.23. The Morgan fingerprint density at radius 2 is 2.18 bits per heavy atom. The second-order valence-electron chi connectivity index (χ2n) is 4.00. The second kappa shape index (κ2) is 5.67. The third-order valence-electron chi connectivity index (χ3n) is 2.62. The molecule has 2 heterocycles. The molecular formula is C11H19N5O. The predicted molar refractivity (Wildman–Crippen MR) is 68.3 cm³/mol. The van der Waals surface area contributed by atoms with Gasteiger partial charge in [0.05, 0.1) is 13.2 Å². The van der Waals surface area contributed by atoms with Crippen molar-refractivity contribution in [3.05, 3.63) is 6.07 Å². The van der Waals surface area contributed by atoms with E-state index < -0.39 is 0 Å². The van der Waals surface area contributed by atoms with E-state index in [4.69, 9.17) is 10.5 Å². The molecule has 1 aliphatic heterocycles. The molecule has 6 heteroatoms. The van der Waals surface area contributed by atoms with E-state index >= 15 is 0 Å². The van der Waals surface area contributed by atoms with Crippen LogP contribution in [0.5, 0.6) is 0 Å². The molecule has 1 aromatic rings. The van der Waals surface area contributed by atoms with E-state index in [1.54, 1.807) is 0 Å². The Morgan fingerprint density at radius 3 is 2.88 bits per heavy atom. The van der Waals surface area contributed by atoms with Crippen LogP contribution in [0, 0.1) is 0 Å². The number of nitrogen functional groups attached to an aromatic ring is 1. The van der Waals surface area contributed by atoms with Gasteiger partial charge >= 0.3 is 0 Å². The maximum atomic E-state index is 5.72. The highest BCUT2D eigenvalue weighted by Crippen LogP contribution is 2.17. The quantitative estimate of drug-likeness (QED) is 0.803. The zero-order valence-electron chi connectivity index (χ0n) is 10.1. The summed E-state index contributed by atoms with van der Waals surface area (Å²) in [7, 11) is 0. The summed E-state index contributed by atoms with van der Waals surface area (Å²) in [4.78, 5) is 10.6. The Balaban J connectivity index is 2.12. The molecule has 3 N–H and O–H groups in total. The number of anilines is 3. The average molecular weight is 237 g/mol.